The predicted octanol–water partition coefficient (Wildman–Crippen LogP) is 1.98. The van der Waals surface area contributed by atoms with Gasteiger partial charge < -0.3 is 5.32 Å². The molecular formula is C22H32FN3O3S. The Kier molecular flexibility index (Phi) is 6.75. The minimum Gasteiger partial charge on any atom is -0.348 e. The molecule has 0 radical (unpaired) electrons. The van der Waals surface area contributed by atoms with Crippen molar-refractivity contribution >= 4 is 15.7 Å². The average Bonchev–Trinajstić information content (AvgIpc) is 3.37. The van der Waals surface area contributed by atoms with Crippen LogP contribution in [0, 0.1) is 11.7 Å². The molecule has 1 aromatic rings. The largest absolute Gasteiger partial charge is 0.348 e. The van der Waals surface area contributed by atoms with Crippen LogP contribution in [0.5, 0.6) is 0 Å². The number of hydrogen-bond donors (Lipinski definition) is 1. The third kappa shape index (κ3) is 5.39. The molecule has 3 aliphatic rings. The topological polar surface area (TPSA) is 69.7 Å². The van der Waals surface area contributed by atoms with Gasteiger partial charge in [0.1, 0.15) is 5.82 Å². The summed E-state index contributed by atoms with van der Waals surface area (Å²) < 4.78 is 36.8. The maximum Gasteiger partial charge on any atom is 0.234 e. The summed E-state index contributed by atoms with van der Waals surface area (Å²) in [6.45, 7) is 3.50. The van der Waals surface area contributed by atoms with Gasteiger partial charge in [-0.05, 0) is 42.9 Å². The van der Waals surface area contributed by atoms with Crippen LogP contribution in [0.2, 0.25) is 0 Å². The van der Waals surface area contributed by atoms with Gasteiger partial charge in [0.25, 0.3) is 0 Å². The highest BCUT2D eigenvalue weighted by atomic mass is 32.2. The number of halogens is 1. The molecule has 3 fully saturated rings. The Bertz CT molecular complexity index is 832. The minimum absolute atomic E-state index is 0.00752. The summed E-state index contributed by atoms with van der Waals surface area (Å²) in [5.41, 5.74) is 0.976. The molecule has 1 amide bonds. The second kappa shape index (κ2) is 9.32. The van der Waals surface area contributed by atoms with Crippen LogP contribution in [0.1, 0.15) is 43.7 Å². The zero-order chi connectivity index (χ0) is 21.1. The number of amides is 1. The molecule has 4 rings (SSSR count). The van der Waals surface area contributed by atoms with Crippen LogP contribution in [-0.4, -0.2) is 74.4 Å². The lowest BCUT2D eigenvalue weighted by molar-refractivity contribution is -0.123. The number of nitrogens with zero attached hydrogens (tertiary/aromatic N) is 2. The predicted molar refractivity (Wildman–Crippen MR) is 114 cm³/mol. The first-order valence-electron chi connectivity index (χ1n) is 11.1. The molecule has 6 nitrogen and oxygen atoms in total. The fraction of sp³-hybridized carbons (Fsp3) is 0.682. The summed E-state index contributed by atoms with van der Waals surface area (Å²) in [5, 5.41) is 3.22. The zero-order valence-electron chi connectivity index (χ0n) is 17.4. The molecule has 1 N–H and O–H groups in total. The van der Waals surface area contributed by atoms with E-state index < -0.39 is 9.84 Å². The average molecular weight is 438 g/mol. The molecule has 166 valence electrons. The van der Waals surface area contributed by atoms with E-state index in [0.29, 0.717) is 18.2 Å². The first-order chi connectivity index (χ1) is 14.4. The molecular weight excluding hydrogens is 405 g/mol. The third-order valence-corrected chi connectivity index (χ3v) is 8.67. The standard InChI is InChI=1S/C22H32FN3O3S/c23-19-7-5-18(6-8-19)22(17-3-1-2-4-17)24-21(27)15-25-10-12-26(13-11-25)20-9-14-30(28,29)16-20/h5-8,17,20,22H,1-4,9-16H2,(H,24,27). The molecule has 2 saturated heterocycles. The third-order valence-electron chi connectivity index (χ3n) is 6.92. The number of carbonyl (C=O) groups is 1. The van der Waals surface area contributed by atoms with Crippen LogP contribution in [0.15, 0.2) is 24.3 Å². The van der Waals surface area contributed by atoms with Crippen molar-refractivity contribution in [3.8, 4) is 0 Å². The van der Waals surface area contributed by atoms with E-state index in [-0.39, 0.29) is 29.6 Å². The summed E-state index contributed by atoms with van der Waals surface area (Å²) in [6.07, 6.45) is 5.26. The second-order valence-electron chi connectivity index (χ2n) is 9.01. The van der Waals surface area contributed by atoms with E-state index in [1.807, 2.05) is 0 Å². The minimum atomic E-state index is -2.87. The van der Waals surface area contributed by atoms with Gasteiger partial charge in [0.2, 0.25) is 5.91 Å². The smallest absolute Gasteiger partial charge is 0.234 e. The SMILES string of the molecule is O=C(CN1CCN(C2CCS(=O)(=O)C2)CC1)NC(c1ccc(F)cc1)C1CCCC1. The van der Waals surface area contributed by atoms with Gasteiger partial charge in [-0.25, -0.2) is 12.8 Å². The summed E-state index contributed by atoms with van der Waals surface area (Å²) in [7, 11) is -2.87. The monoisotopic (exact) mass is 437 g/mol. The van der Waals surface area contributed by atoms with E-state index in [1.165, 1.54) is 25.0 Å². The lowest BCUT2D eigenvalue weighted by atomic mass is 9.91. The summed E-state index contributed by atoms with van der Waals surface area (Å²) in [6, 6.07) is 6.57. The van der Waals surface area contributed by atoms with Crippen molar-refractivity contribution in [1.82, 2.24) is 15.1 Å². The first-order valence-corrected chi connectivity index (χ1v) is 12.9. The van der Waals surface area contributed by atoms with Gasteiger partial charge in [0.15, 0.2) is 9.84 Å². The Morgan fingerprint density at radius 3 is 2.33 bits per heavy atom. The van der Waals surface area contributed by atoms with Crippen molar-refractivity contribution in [2.75, 3.05) is 44.2 Å². The number of hydrogen-bond acceptors (Lipinski definition) is 5. The second-order valence-corrected chi connectivity index (χ2v) is 11.2. The Morgan fingerprint density at radius 1 is 1.07 bits per heavy atom. The van der Waals surface area contributed by atoms with E-state index >= 15 is 0 Å². The van der Waals surface area contributed by atoms with Crippen molar-refractivity contribution in [2.24, 2.45) is 5.92 Å². The highest BCUT2D eigenvalue weighted by Gasteiger charge is 2.34. The summed E-state index contributed by atoms with van der Waals surface area (Å²) >= 11 is 0. The number of benzene rings is 1. The molecule has 0 spiro atoms. The highest BCUT2D eigenvalue weighted by Crippen LogP contribution is 2.35. The van der Waals surface area contributed by atoms with Crippen LogP contribution in [-0.2, 0) is 14.6 Å². The first kappa shape index (κ1) is 21.7. The molecule has 0 aromatic heterocycles. The summed E-state index contributed by atoms with van der Waals surface area (Å²) in [4.78, 5) is 17.2. The molecule has 2 heterocycles. The maximum absolute atomic E-state index is 13.4. The molecule has 1 aliphatic carbocycles. The Labute approximate surface area is 178 Å². The molecule has 1 saturated carbocycles. The Morgan fingerprint density at radius 2 is 1.73 bits per heavy atom. The van der Waals surface area contributed by atoms with Gasteiger partial charge >= 0.3 is 0 Å². The highest BCUT2D eigenvalue weighted by molar-refractivity contribution is 7.91. The molecule has 0 bridgehead atoms. The molecule has 2 aliphatic heterocycles. The van der Waals surface area contributed by atoms with Crippen molar-refractivity contribution in [1.29, 1.82) is 0 Å². The molecule has 8 heteroatoms. The molecule has 2 atom stereocenters. The number of sulfone groups is 1. The lowest BCUT2D eigenvalue weighted by Crippen LogP contribution is -2.53. The zero-order valence-corrected chi connectivity index (χ0v) is 18.2. The quantitative estimate of drug-likeness (QED) is 0.737. The van der Waals surface area contributed by atoms with Crippen LogP contribution >= 0.6 is 0 Å². The fourth-order valence-electron chi connectivity index (χ4n) is 5.21. The van der Waals surface area contributed by atoms with Crippen molar-refractivity contribution in [3.63, 3.8) is 0 Å². The number of piperazine rings is 1. The van der Waals surface area contributed by atoms with Gasteiger partial charge in [-0.1, -0.05) is 25.0 Å². The van der Waals surface area contributed by atoms with Gasteiger partial charge in [-0.15, -0.1) is 0 Å². The van der Waals surface area contributed by atoms with Gasteiger partial charge in [-0.2, -0.15) is 0 Å². The van der Waals surface area contributed by atoms with Crippen molar-refractivity contribution < 1.29 is 17.6 Å². The van der Waals surface area contributed by atoms with Gasteiger partial charge in [0, 0.05) is 32.2 Å². The van der Waals surface area contributed by atoms with Crippen molar-refractivity contribution in [2.45, 2.75) is 44.2 Å². The Balaban J connectivity index is 1.30. The van der Waals surface area contributed by atoms with Crippen LogP contribution < -0.4 is 5.32 Å². The van der Waals surface area contributed by atoms with Gasteiger partial charge in [0.05, 0.1) is 24.1 Å². The van der Waals surface area contributed by atoms with E-state index in [1.54, 1.807) is 12.1 Å². The lowest BCUT2D eigenvalue weighted by Gasteiger charge is -2.37. The van der Waals surface area contributed by atoms with Crippen LogP contribution in [0.25, 0.3) is 0 Å². The van der Waals surface area contributed by atoms with E-state index in [4.69, 9.17) is 0 Å². The summed E-state index contributed by atoms with van der Waals surface area (Å²) in [5.74, 6) is 0.720. The molecule has 1 aromatic carbocycles. The Hall–Kier alpha value is -1.51. The molecule has 30 heavy (non-hydrogen) atoms. The van der Waals surface area contributed by atoms with Gasteiger partial charge in [-0.3, -0.25) is 14.6 Å². The van der Waals surface area contributed by atoms with Crippen LogP contribution in [0.4, 0.5) is 4.39 Å². The van der Waals surface area contributed by atoms with E-state index in [9.17, 15) is 17.6 Å². The number of carbonyl (C=O) groups excluding carboxylic acids is 1. The number of nitrogens with one attached hydrogen (secondary N) is 1. The van der Waals surface area contributed by atoms with E-state index in [2.05, 4.69) is 15.1 Å². The maximum atomic E-state index is 13.4. The fourth-order valence-corrected chi connectivity index (χ4v) is 6.97. The van der Waals surface area contributed by atoms with Crippen LogP contribution in [0.3, 0.4) is 0 Å². The number of rotatable bonds is 6. The normalized spacial score (nSPS) is 26.6. The molecule has 2 unspecified atom stereocenters. The van der Waals surface area contributed by atoms with Crippen molar-refractivity contribution in [3.05, 3.63) is 35.6 Å². The van der Waals surface area contributed by atoms with E-state index in [0.717, 1.165) is 51.0 Å².